The molecule has 3 nitrogen and oxygen atoms in total. The fraction of sp³-hybridized carbons (Fsp3) is 0.375. The summed E-state index contributed by atoms with van der Waals surface area (Å²) in [5.74, 6) is 0. The summed E-state index contributed by atoms with van der Waals surface area (Å²) < 4.78 is 0. The molecule has 0 aromatic carbocycles. The summed E-state index contributed by atoms with van der Waals surface area (Å²) in [7, 11) is 0. The Morgan fingerprint density at radius 1 is 1.27 bits per heavy atom. The van der Waals surface area contributed by atoms with Crippen LogP contribution in [0, 0.1) is 6.92 Å². The van der Waals surface area contributed by atoms with Gasteiger partial charge in [-0.1, -0.05) is 13.8 Å². The number of H-pyrrole nitrogens is 2. The van der Waals surface area contributed by atoms with Gasteiger partial charge in [0.15, 0.2) is 0 Å². The highest BCUT2D eigenvalue weighted by Crippen LogP contribution is 2.10. The maximum Gasteiger partial charge on any atom is 0.109 e. The van der Waals surface area contributed by atoms with Gasteiger partial charge >= 0.3 is 0 Å². The van der Waals surface area contributed by atoms with E-state index in [0.29, 0.717) is 0 Å². The van der Waals surface area contributed by atoms with Gasteiger partial charge in [-0.2, -0.15) is 0 Å². The summed E-state index contributed by atoms with van der Waals surface area (Å²) in [6.07, 6.45) is 3.61. The first-order chi connectivity index (χ1) is 5.38. The van der Waals surface area contributed by atoms with Crippen molar-refractivity contribution in [3.05, 3.63) is 18.2 Å². The van der Waals surface area contributed by atoms with Crippen molar-refractivity contribution in [2.75, 3.05) is 0 Å². The Hall–Kier alpha value is -1.25. The van der Waals surface area contributed by atoms with Crippen molar-refractivity contribution >= 4 is 11.0 Å². The summed E-state index contributed by atoms with van der Waals surface area (Å²) >= 11 is 0. The van der Waals surface area contributed by atoms with Crippen LogP contribution in [0.3, 0.4) is 0 Å². The number of aromatic amines is 2. The number of nitrogens with zero attached hydrogens (tertiary/aromatic N) is 1. The van der Waals surface area contributed by atoms with Gasteiger partial charge in [-0.25, -0.2) is 4.98 Å². The minimum absolute atomic E-state index is 1.04. The summed E-state index contributed by atoms with van der Waals surface area (Å²) in [5.41, 5.74) is 3.23. The molecule has 0 saturated carbocycles. The van der Waals surface area contributed by atoms with E-state index in [1.54, 1.807) is 6.33 Å². The Balaban J connectivity index is 0.000000281. The van der Waals surface area contributed by atoms with Crippen LogP contribution < -0.4 is 0 Å². The lowest BCUT2D eigenvalue weighted by molar-refractivity contribution is 1.23. The first-order valence-electron chi connectivity index (χ1n) is 3.85. The van der Waals surface area contributed by atoms with E-state index in [9.17, 15) is 0 Å². The predicted octanol–water partition coefficient (Wildman–Crippen LogP) is 2.23. The molecule has 2 aromatic heterocycles. The highest BCUT2D eigenvalue weighted by molar-refractivity contribution is 5.76. The number of imidazole rings is 1. The number of aryl methyl sites for hydroxylation is 1. The molecular formula is C8H13N3. The average Bonchev–Trinajstić information content (AvgIpc) is 2.60. The second-order valence-electron chi connectivity index (χ2n) is 2.08. The smallest absolute Gasteiger partial charge is 0.109 e. The molecule has 0 amide bonds. The van der Waals surface area contributed by atoms with Crippen LogP contribution in [0.4, 0.5) is 0 Å². The molecule has 11 heavy (non-hydrogen) atoms. The maximum absolute atomic E-state index is 4.09. The molecule has 2 heterocycles. The van der Waals surface area contributed by atoms with Crippen molar-refractivity contribution in [2.24, 2.45) is 0 Å². The second-order valence-corrected chi connectivity index (χ2v) is 2.08. The van der Waals surface area contributed by atoms with E-state index in [0.717, 1.165) is 16.7 Å². The van der Waals surface area contributed by atoms with Gasteiger partial charge in [0.25, 0.3) is 0 Å². The standard InChI is InChI=1S/C6H7N3.C2H6/c1-4-6-5(2-7-4)8-3-9-6;1-2/h2-3,7H,1H3,(H,8,9);1-2H3. The molecule has 0 aliphatic rings. The van der Waals surface area contributed by atoms with Crippen LogP contribution in [0.5, 0.6) is 0 Å². The number of fused-ring (bicyclic) bond motifs is 1. The third-order valence-corrected chi connectivity index (χ3v) is 1.46. The fourth-order valence-corrected chi connectivity index (χ4v) is 0.962. The molecule has 0 aliphatic heterocycles. The van der Waals surface area contributed by atoms with Gasteiger partial charge in [0, 0.05) is 11.9 Å². The number of rotatable bonds is 0. The monoisotopic (exact) mass is 151 g/mol. The number of hydrogen-bond acceptors (Lipinski definition) is 1. The molecule has 0 fully saturated rings. The first kappa shape index (κ1) is 7.85. The molecule has 0 spiro atoms. The van der Waals surface area contributed by atoms with Crippen LogP contribution in [0.25, 0.3) is 11.0 Å². The van der Waals surface area contributed by atoms with Gasteiger partial charge in [-0.15, -0.1) is 0 Å². The van der Waals surface area contributed by atoms with E-state index in [1.165, 1.54) is 0 Å². The van der Waals surface area contributed by atoms with E-state index in [4.69, 9.17) is 0 Å². The zero-order chi connectivity index (χ0) is 8.27. The molecular weight excluding hydrogens is 138 g/mol. The van der Waals surface area contributed by atoms with E-state index < -0.39 is 0 Å². The SMILES string of the molecule is CC.Cc1[nH]cc2[nH]cnc12. The van der Waals surface area contributed by atoms with Crippen LogP contribution in [0.1, 0.15) is 19.5 Å². The molecule has 3 heteroatoms. The second kappa shape index (κ2) is 3.23. The van der Waals surface area contributed by atoms with Gasteiger partial charge in [-0.05, 0) is 6.92 Å². The Kier molecular flexibility index (Phi) is 2.31. The molecule has 60 valence electrons. The third kappa shape index (κ3) is 1.27. The topological polar surface area (TPSA) is 44.5 Å². The normalized spacial score (nSPS) is 9.36. The van der Waals surface area contributed by atoms with Crippen molar-refractivity contribution in [3.63, 3.8) is 0 Å². The summed E-state index contributed by atoms with van der Waals surface area (Å²) in [5, 5.41) is 0. The van der Waals surface area contributed by atoms with Crippen molar-refractivity contribution in [3.8, 4) is 0 Å². The molecule has 2 aromatic rings. The molecule has 0 aliphatic carbocycles. The lowest BCUT2D eigenvalue weighted by atomic mass is 10.4. The average molecular weight is 151 g/mol. The minimum atomic E-state index is 1.04. The van der Waals surface area contributed by atoms with Gasteiger partial charge in [0.1, 0.15) is 5.52 Å². The van der Waals surface area contributed by atoms with Crippen LogP contribution >= 0.6 is 0 Å². The Bertz CT molecular complexity index is 319. The molecule has 0 radical (unpaired) electrons. The van der Waals surface area contributed by atoms with Crippen molar-refractivity contribution in [1.82, 2.24) is 15.0 Å². The minimum Gasteiger partial charge on any atom is -0.362 e. The molecule has 2 rings (SSSR count). The molecule has 0 saturated heterocycles. The zero-order valence-electron chi connectivity index (χ0n) is 7.10. The van der Waals surface area contributed by atoms with Crippen LogP contribution in [-0.2, 0) is 0 Å². The van der Waals surface area contributed by atoms with Crippen molar-refractivity contribution in [1.29, 1.82) is 0 Å². The molecule has 0 atom stereocenters. The first-order valence-corrected chi connectivity index (χ1v) is 3.85. The summed E-state index contributed by atoms with van der Waals surface area (Å²) in [4.78, 5) is 10.2. The lowest BCUT2D eigenvalue weighted by Crippen LogP contribution is -1.67. The predicted molar refractivity (Wildman–Crippen MR) is 46.5 cm³/mol. The summed E-state index contributed by atoms with van der Waals surface area (Å²) in [6, 6.07) is 0. The van der Waals surface area contributed by atoms with Gasteiger partial charge in [0.05, 0.1) is 11.8 Å². The quantitative estimate of drug-likeness (QED) is 0.595. The van der Waals surface area contributed by atoms with E-state index >= 15 is 0 Å². The van der Waals surface area contributed by atoms with Crippen molar-refractivity contribution < 1.29 is 0 Å². The largest absolute Gasteiger partial charge is 0.362 e. The Labute approximate surface area is 65.9 Å². The van der Waals surface area contributed by atoms with Gasteiger partial charge in [-0.3, -0.25) is 0 Å². The van der Waals surface area contributed by atoms with Crippen LogP contribution in [0.2, 0.25) is 0 Å². The number of aromatic nitrogens is 3. The lowest BCUT2D eigenvalue weighted by Gasteiger charge is -1.76. The highest BCUT2D eigenvalue weighted by atomic mass is 14.9. The fourth-order valence-electron chi connectivity index (χ4n) is 0.962. The van der Waals surface area contributed by atoms with E-state index in [2.05, 4.69) is 15.0 Å². The molecule has 2 N–H and O–H groups in total. The van der Waals surface area contributed by atoms with Crippen molar-refractivity contribution in [2.45, 2.75) is 20.8 Å². The van der Waals surface area contributed by atoms with Gasteiger partial charge < -0.3 is 9.97 Å². The van der Waals surface area contributed by atoms with Gasteiger partial charge in [0.2, 0.25) is 0 Å². The van der Waals surface area contributed by atoms with Crippen LogP contribution in [-0.4, -0.2) is 15.0 Å². The third-order valence-electron chi connectivity index (χ3n) is 1.46. The number of hydrogen-bond donors (Lipinski definition) is 2. The molecule has 0 bridgehead atoms. The van der Waals surface area contributed by atoms with E-state index in [1.807, 2.05) is 27.0 Å². The number of nitrogens with one attached hydrogen (secondary N) is 2. The highest BCUT2D eigenvalue weighted by Gasteiger charge is 1.98. The Morgan fingerprint density at radius 2 is 2.00 bits per heavy atom. The summed E-state index contributed by atoms with van der Waals surface area (Å²) in [6.45, 7) is 6.00. The zero-order valence-corrected chi connectivity index (χ0v) is 7.10. The van der Waals surface area contributed by atoms with Crippen LogP contribution in [0.15, 0.2) is 12.5 Å². The Morgan fingerprint density at radius 3 is 2.64 bits per heavy atom. The maximum atomic E-state index is 4.09. The molecule has 0 unspecified atom stereocenters. The van der Waals surface area contributed by atoms with E-state index in [-0.39, 0.29) is 0 Å².